The Labute approximate surface area is 176 Å². The van der Waals surface area contributed by atoms with Gasteiger partial charge < -0.3 is 9.80 Å². The highest BCUT2D eigenvalue weighted by Crippen LogP contribution is 2.28. The molecule has 2 aromatic heterocycles. The van der Waals surface area contributed by atoms with E-state index in [1.165, 1.54) is 0 Å². The molecule has 1 atom stereocenters. The number of hydrogen-bond donors (Lipinski definition) is 0. The lowest BCUT2D eigenvalue weighted by Gasteiger charge is -2.34. The van der Waals surface area contributed by atoms with Gasteiger partial charge in [-0.25, -0.2) is 4.98 Å². The van der Waals surface area contributed by atoms with Gasteiger partial charge in [-0.05, 0) is 25.1 Å². The third-order valence-electron chi connectivity index (χ3n) is 4.66. The molecule has 0 spiro atoms. The molecule has 0 N–H and O–H groups in total. The zero-order valence-corrected chi connectivity index (χ0v) is 17.3. The molecule has 28 heavy (non-hydrogen) atoms. The molecule has 0 bridgehead atoms. The summed E-state index contributed by atoms with van der Waals surface area (Å²) in [6.45, 7) is 4.12. The second-order valence-corrected chi connectivity index (χ2v) is 7.98. The summed E-state index contributed by atoms with van der Waals surface area (Å²) >= 11 is 18.1. The summed E-state index contributed by atoms with van der Waals surface area (Å²) in [6.07, 6.45) is 1.68. The van der Waals surface area contributed by atoms with E-state index in [0.717, 1.165) is 11.3 Å². The third kappa shape index (κ3) is 3.62. The minimum atomic E-state index is -0.516. The standard InChI is InChI=1S/C18H17Cl3N6O/c1-11(19)16(28)25-6-8-26(9-7-25)18-23-17-22-5-4-15(27(17)24-18)12-2-3-13(20)14(21)10-12/h2-5,10-11H,6-9H2,1H3. The van der Waals surface area contributed by atoms with Crippen LogP contribution in [0.5, 0.6) is 0 Å². The van der Waals surface area contributed by atoms with E-state index in [-0.39, 0.29) is 5.91 Å². The predicted molar refractivity (Wildman–Crippen MR) is 110 cm³/mol. The lowest BCUT2D eigenvalue weighted by Crippen LogP contribution is -2.50. The van der Waals surface area contributed by atoms with E-state index in [1.54, 1.807) is 34.7 Å². The second-order valence-electron chi connectivity index (χ2n) is 6.51. The molecular formula is C18H17Cl3N6O. The lowest BCUT2D eigenvalue weighted by atomic mass is 10.1. The zero-order valence-electron chi connectivity index (χ0n) is 15.0. The van der Waals surface area contributed by atoms with Gasteiger partial charge in [0.2, 0.25) is 11.9 Å². The van der Waals surface area contributed by atoms with Crippen LogP contribution in [0.15, 0.2) is 30.5 Å². The number of fused-ring (bicyclic) bond motifs is 1. The molecule has 0 saturated carbocycles. The summed E-state index contributed by atoms with van der Waals surface area (Å²) in [5.74, 6) is 1.02. The highest BCUT2D eigenvalue weighted by atomic mass is 35.5. The molecule has 1 fully saturated rings. The first-order valence-corrected chi connectivity index (χ1v) is 9.98. The number of carbonyl (C=O) groups is 1. The number of amides is 1. The van der Waals surface area contributed by atoms with E-state index in [9.17, 15) is 4.79 Å². The molecule has 1 aliphatic rings. The van der Waals surface area contributed by atoms with Gasteiger partial charge in [-0.1, -0.05) is 29.3 Å². The third-order valence-corrected chi connectivity index (χ3v) is 5.59. The molecular weight excluding hydrogens is 423 g/mol. The quantitative estimate of drug-likeness (QED) is 0.585. The van der Waals surface area contributed by atoms with Crippen molar-refractivity contribution in [3.8, 4) is 11.3 Å². The summed E-state index contributed by atoms with van der Waals surface area (Å²) < 4.78 is 1.69. The number of anilines is 1. The van der Waals surface area contributed by atoms with Crippen LogP contribution in [0.3, 0.4) is 0 Å². The SMILES string of the molecule is CC(Cl)C(=O)N1CCN(c2nc3nccc(-c4ccc(Cl)c(Cl)c4)n3n2)CC1. The Balaban J connectivity index is 1.61. The van der Waals surface area contributed by atoms with Gasteiger partial charge in [0.1, 0.15) is 5.38 Å². The van der Waals surface area contributed by atoms with Crippen molar-refractivity contribution < 1.29 is 4.79 Å². The highest BCUT2D eigenvalue weighted by Gasteiger charge is 2.26. The number of hydrogen-bond acceptors (Lipinski definition) is 5. The summed E-state index contributed by atoms with van der Waals surface area (Å²) in [5.41, 5.74) is 1.68. The fourth-order valence-electron chi connectivity index (χ4n) is 3.17. The fraction of sp³-hybridized carbons (Fsp3) is 0.333. The Morgan fingerprint density at radius 1 is 1.11 bits per heavy atom. The van der Waals surface area contributed by atoms with E-state index in [0.29, 0.717) is 48.0 Å². The van der Waals surface area contributed by atoms with Crippen molar-refractivity contribution >= 4 is 52.4 Å². The number of alkyl halides is 1. The topological polar surface area (TPSA) is 66.6 Å². The van der Waals surface area contributed by atoms with Crippen LogP contribution in [0.25, 0.3) is 17.0 Å². The summed E-state index contributed by atoms with van der Waals surface area (Å²) in [7, 11) is 0. The number of aromatic nitrogens is 4. The normalized spacial score (nSPS) is 15.9. The smallest absolute Gasteiger partial charge is 0.254 e. The van der Waals surface area contributed by atoms with Crippen LogP contribution < -0.4 is 4.90 Å². The van der Waals surface area contributed by atoms with Crippen molar-refractivity contribution in [2.45, 2.75) is 12.3 Å². The Morgan fingerprint density at radius 3 is 2.54 bits per heavy atom. The summed E-state index contributed by atoms with van der Waals surface area (Å²) in [4.78, 5) is 24.7. The van der Waals surface area contributed by atoms with Gasteiger partial charge in [0.25, 0.3) is 5.78 Å². The largest absolute Gasteiger partial charge is 0.338 e. The number of rotatable bonds is 3. The van der Waals surface area contributed by atoms with Crippen LogP contribution in [-0.2, 0) is 4.79 Å². The zero-order chi connectivity index (χ0) is 19.8. The monoisotopic (exact) mass is 438 g/mol. The molecule has 1 aromatic carbocycles. The molecule has 1 saturated heterocycles. The van der Waals surface area contributed by atoms with Gasteiger partial charge in [0.05, 0.1) is 15.7 Å². The van der Waals surface area contributed by atoms with Crippen LogP contribution in [0.4, 0.5) is 5.95 Å². The molecule has 4 rings (SSSR count). The van der Waals surface area contributed by atoms with Gasteiger partial charge in [0.15, 0.2) is 0 Å². The minimum absolute atomic E-state index is 0.0483. The molecule has 1 aliphatic heterocycles. The molecule has 1 unspecified atom stereocenters. The van der Waals surface area contributed by atoms with Crippen molar-refractivity contribution in [2.75, 3.05) is 31.1 Å². The van der Waals surface area contributed by atoms with E-state index in [4.69, 9.17) is 34.8 Å². The number of carbonyl (C=O) groups excluding carboxylic acids is 1. The number of benzene rings is 1. The van der Waals surface area contributed by atoms with Crippen molar-refractivity contribution in [1.29, 1.82) is 0 Å². The maximum absolute atomic E-state index is 12.0. The number of halogens is 3. The second kappa shape index (κ2) is 7.73. The van der Waals surface area contributed by atoms with Gasteiger partial charge in [-0.15, -0.1) is 16.7 Å². The van der Waals surface area contributed by atoms with Crippen molar-refractivity contribution in [1.82, 2.24) is 24.5 Å². The van der Waals surface area contributed by atoms with Gasteiger partial charge in [-0.3, -0.25) is 4.79 Å². The Kier molecular flexibility index (Phi) is 5.31. The number of piperazine rings is 1. The molecule has 146 valence electrons. The molecule has 3 aromatic rings. The van der Waals surface area contributed by atoms with E-state index in [2.05, 4.69) is 15.1 Å². The fourth-order valence-corrected chi connectivity index (χ4v) is 3.61. The van der Waals surface area contributed by atoms with E-state index >= 15 is 0 Å². The maximum atomic E-state index is 12.0. The van der Waals surface area contributed by atoms with E-state index in [1.807, 2.05) is 17.0 Å². The summed E-state index contributed by atoms with van der Waals surface area (Å²) in [5, 5.41) is 5.08. The van der Waals surface area contributed by atoms with Gasteiger partial charge >= 0.3 is 0 Å². The van der Waals surface area contributed by atoms with Crippen LogP contribution in [-0.4, -0.2) is 61.9 Å². The maximum Gasteiger partial charge on any atom is 0.254 e. The Hall–Kier alpha value is -2.09. The van der Waals surface area contributed by atoms with Crippen molar-refractivity contribution in [3.05, 3.63) is 40.5 Å². The lowest BCUT2D eigenvalue weighted by molar-refractivity contribution is -0.130. The van der Waals surface area contributed by atoms with Crippen LogP contribution in [0.1, 0.15) is 6.92 Å². The average molecular weight is 440 g/mol. The first kappa shape index (κ1) is 19.2. The van der Waals surface area contributed by atoms with E-state index < -0.39 is 5.38 Å². The van der Waals surface area contributed by atoms with Gasteiger partial charge in [0, 0.05) is 37.9 Å². The first-order valence-electron chi connectivity index (χ1n) is 8.79. The molecule has 7 nitrogen and oxygen atoms in total. The molecule has 0 radical (unpaired) electrons. The van der Waals surface area contributed by atoms with Crippen LogP contribution in [0.2, 0.25) is 10.0 Å². The minimum Gasteiger partial charge on any atom is -0.338 e. The van der Waals surface area contributed by atoms with Crippen molar-refractivity contribution in [3.63, 3.8) is 0 Å². The predicted octanol–water partition coefficient (Wildman–Crippen LogP) is 3.37. The van der Waals surface area contributed by atoms with Gasteiger partial charge in [-0.2, -0.15) is 9.50 Å². The Bertz CT molecular complexity index is 1030. The van der Waals surface area contributed by atoms with Crippen LogP contribution >= 0.6 is 34.8 Å². The Morgan fingerprint density at radius 2 is 1.86 bits per heavy atom. The summed E-state index contributed by atoms with van der Waals surface area (Å²) in [6, 6.07) is 7.26. The first-order chi connectivity index (χ1) is 13.4. The number of nitrogens with zero attached hydrogens (tertiary/aromatic N) is 6. The highest BCUT2D eigenvalue weighted by molar-refractivity contribution is 6.42. The molecule has 0 aliphatic carbocycles. The molecule has 3 heterocycles. The van der Waals surface area contributed by atoms with Crippen LogP contribution in [0, 0.1) is 0 Å². The molecule has 10 heteroatoms. The average Bonchev–Trinajstić information content (AvgIpc) is 3.14. The van der Waals surface area contributed by atoms with Crippen molar-refractivity contribution in [2.24, 2.45) is 0 Å². The molecule has 1 amide bonds.